The molecule has 1 heterocycles. The Morgan fingerprint density at radius 2 is 1.77 bits per heavy atom. The first-order valence-electron chi connectivity index (χ1n) is 9.55. The maximum Gasteiger partial charge on any atom is 0.317 e. The van der Waals surface area contributed by atoms with E-state index in [-0.39, 0.29) is 6.03 Å². The topological polar surface area (TPSA) is 44.4 Å². The minimum Gasteiger partial charge on any atom is -0.334 e. The third kappa shape index (κ3) is 6.15. The number of hydrogen-bond acceptors (Lipinski definition) is 2. The number of piperidine rings is 1. The van der Waals surface area contributed by atoms with Crippen molar-refractivity contribution in [3.05, 3.63) is 0 Å². The van der Waals surface area contributed by atoms with Crippen molar-refractivity contribution in [3.63, 3.8) is 0 Å². The molecule has 2 rings (SSSR count). The predicted octanol–water partition coefficient (Wildman–Crippen LogP) is 3.52. The molecule has 0 radical (unpaired) electrons. The number of nitrogens with zero attached hydrogens (tertiary/aromatic N) is 1. The first-order chi connectivity index (χ1) is 10.8. The van der Waals surface area contributed by atoms with Gasteiger partial charge in [-0.25, -0.2) is 4.79 Å². The van der Waals surface area contributed by atoms with Crippen LogP contribution in [0.4, 0.5) is 4.79 Å². The van der Waals surface area contributed by atoms with Crippen molar-refractivity contribution in [3.8, 4) is 0 Å². The molecule has 2 fully saturated rings. The van der Waals surface area contributed by atoms with Crippen molar-refractivity contribution >= 4 is 6.03 Å². The van der Waals surface area contributed by atoms with Gasteiger partial charge in [-0.05, 0) is 44.6 Å². The van der Waals surface area contributed by atoms with Gasteiger partial charge in [0.05, 0.1) is 0 Å². The Morgan fingerprint density at radius 1 is 1.09 bits per heavy atom. The fourth-order valence-electron chi connectivity index (χ4n) is 3.83. The second-order valence-electron chi connectivity index (χ2n) is 7.14. The van der Waals surface area contributed by atoms with E-state index < -0.39 is 0 Å². The summed E-state index contributed by atoms with van der Waals surface area (Å²) in [6.45, 7) is 6.02. The van der Waals surface area contributed by atoms with Crippen LogP contribution in [0, 0.1) is 5.92 Å². The van der Waals surface area contributed by atoms with Gasteiger partial charge in [-0.1, -0.05) is 39.0 Å². The molecular weight excluding hydrogens is 274 g/mol. The molecule has 0 bridgehead atoms. The predicted molar refractivity (Wildman–Crippen MR) is 92.1 cm³/mol. The summed E-state index contributed by atoms with van der Waals surface area (Å²) in [6, 6.07) is 0.461. The normalized spacial score (nSPS) is 21.6. The molecule has 1 atom stereocenters. The zero-order valence-corrected chi connectivity index (χ0v) is 14.4. The molecule has 1 saturated carbocycles. The molecule has 0 aromatic rings. The quantitative estimate of drug-likeness (QED) is 0.707. The highest BCUT2D eigenvalue weighted by molar-refractivity contribution is 5.74. The lowest BCUT2D eigenvalue weighted by Gasteiger charge is -2.31. The van der Waals surface area contributed by atoms with Crippen LogP contribution in [-0.2, 0) is 0 Å². The summed E-state index contributed by atoms with van der Waals surface area (Å²) in [5.41, 5.74) is 0. The molecule has 0 aromatic heterocycles. The fraction of sp³-hybridized carbons (Fsp3) is 0.944. The minimum absolute atomic E-state index is 0.166. The SMILES string of the molecule is CCCNCC(CC1CCCCC1)NC(=O)N1CCCCC1. The van der Waals surface area contributed by atoms with Crippen molar-refractivity contribution in [1.29, 1.82) is 0 Å². The fourth-order valence-corrected chi connectivity index (χ4v) is 3.83. The number of carbonyl (C=O) groups is 1. The number of rotatable bonds is 7. The van der Waals surface area contributed by atoms with Gasteiger partial charge in [0.2, 0.25) is 0 Å². The van der Waals surface area contributed by atoms with E-state index in [1.165, 1.54) is 38.5 Å². The Hall–Kier alpha value is -0.770. The van der Waals surface area contributed by atoms with Gasteiger partial charge in [-0.3, -0.25) is 0 Å². The lowest BCUT2D eigenvalue weighted by Crippen LogP contribution is -2.50. The number of urea groups is 1. The number of amides is 2. The Balaban J connectivity index is 1.80. The number of hydrogen-bond donors (Lipinski definition) is 2. The third-order valence-electron chi connectivity index (χ3n) is 5.13. The monoisotopic (exact) mass is 309 g/mol. The van der Waals surface area contributed by atoms with Gasteiger partial charge in [-0.2, -0.15) is 0 Å². The van der Waals surface area contributed by atoms with E-state index in [4.69, 9.17) is 0 Å². The van der Waals surface area contributed by atoms with Crippen molar-refractivity contribution in [2.45, 2.75) is 77.2 Å². The summed E-state index contributed by atoms with van der Waals surface area (Å²) >= 11 is 0. The molecule has 1 saturated heterocycles. The third-order valence-corrected chi connectivity index (χ3v) is 5.13. The highest BCUT2D eigenvalue weighted by Gasteiger charge is 2.23. The molecule has 22 heavy (non-hydrogen) atoms. The molecule has 0 aromatic carbocycles. The lowest BCUT2D eigenvalue weighted by atomic mass is 9.85. The zero-order chi connectivity index (χ0) is 15.6. The largest absolute Gasteiger partial charge is 0.334 e. The van der Waals surface area contributed by atoms with Crippen molar-refractivity contribution in [1.82, 2.24) is 15.5 Å². The molecule has 1 unspecified atom stereocenters. The molecular formula is C18H35N3O. The Kier molecular flexibility index (Phi) is 8.06. The first kappa shape index (κ1) is 17.6. The molecule has 1 aliphatic carbocycles. The Bertz CT molecular complexity index is 309. The summed E-state index contributed by atoms with van der Waals surface area (Å²) < 4.78 is 0. The first-order valence-corrected chi connectivity index (χ1v) is 9.55. The lowest BCUT2D eigenvalue weighted by molar-refractivity contribution is 0.178. The summed E-state index contributed by atoms with van der Waals surface area (Å²) in [4.78, 5) is 14.5. The van der Waals surface area contributed by atoms with Crippen LogP contribution in [0.25, 0.3) is 0 Å². The van der Waals surface area contributed by atoms with E-state index in [2.05, 4.69) is 17.6 Å². The maximum absolute atomic E-state index is 12.5. The van der Waals surface area contributed by atoms with Crippen molar-refractivity contribution < 1.29 is 4.79 Å². The van der Waals surface area contributed by atoms with E-state index in [0.717, 1.165) is 57.8 Å². The van der Waals surface area contributed by atoms with Crippen LogP contribution < -0.4 is 10.6 Å². The Morgan fingerprint density at radius 3 is 2.45 bits per heavy atom. The average molecular weight is 309 g/mol. The Labute approximate surface area is 136 Å². The summed E-state index contributed by atoms with van der Waals surface area (Å²) in [7, 11) is 0. The van der Waals surface area contributed by atoms with E-state index >= 15 is 0 Å². The highest BCUT2D eigenvalue weighted by atomic mass is 16.2. The molecule has 2 amide bonds. The van der Waals surface area contributed by atoms with Crippen LogP contribution in [-0.4, -0.2) is 43.2 Å². The molecule has 0 spiro atoms. The van der Waals surface area contributed by atoms with Gasteiger partial charge in [0.25, 0.3) is 0 Å². The molecule has 128 valence electrons. The minimum atomic E-state index is 0.166. The second kappa shape index (κ2) is 10.1. The summed E-state index contributed by atoms with van der Waals surface area (Å²) in [5.74, 6) is 0.809. The van der Waals surface area contributed by atoms with E-state index in [0.29, 0.717) is 6.04 Å². The molecule has 4 heteroatoms. The standard InChI is InChI=1S/C18H35N3O/c1-2-11-19-15-17(14-16-9-5-3-6-10-16)20-18(22)21-12-7-4-8-13-21/h16-17,19H,2-15H2,1H3,(H,20,22). The molecule has 4 nitrogen and oxygen atoms in total. The van der Waals surface area contributed by atoms with Crippen molar-refractivity contribution in [2.24, 2.45) is 5.92 Å². The van der Waals surface area contributed by atoms with Gasteiger partial charge in [0.1, 0.15) is 0 Å². The van der Waals surface area contributed by atoms with Crippen LogP contribution in [0.2, 0.25) is 0 Å². The number of nitrogens with one attached hydrogen (secondary N) is 2. The smallest absolute Gasteiger partial charge is 0.317 e. The van der Waals surface area contributed by atoms with Gasteiger partial charge < -0.3 is 15.5 Å². The van der Waals surface area contributed by atoms with Gasteiger partial charge in [0, 0.05) is 25.7 Å². The molecule has 1 aliphatic heterocycles. The maximum atomic E-state index is 12.5. The second-order valence-corrected chi connectivity index (χ2v) is 7.14. The number of carbonyl (C=O) groups excluding carboxylic acids is 1. The summed E-state index contributed by atoms with van der Waals surface area (Å²) in [6.07, 6.45) is 12.7. The van der Waals surface area contributed by atoms with Crippen LogP contribution in [0.1, 0.15) is 71.1 Å². The number of likely N-dealkylation sites (tertiary alicyclic amines) is 1. The van der Waals surface area contributed by atoms with Crippen LogP contribution in [0.3, 0.4) is 0 Å². The van der Waals surface area contributed by atoms with E-state index in [1.807, 2.05) is 4.90 Å². The zero-order valence-electron chi connectivity index (χ0n) is 14.4. The summed E-state index contributed by atoms with van der Waals surface area (Å²) in [5, 5.41) is 6.82. The van der Waals surface area contributed by atoms with Crippen LogP contribution >= 0.6 is 0 Å². The average Bonchev–Trinajstić information content (AvgIpc) is 2.56. The van der Waals surface area contributed by atoms with Crippen LogP contribution in [0.5, 0.6) is 0 Å². The molecule has 2 aliphatic rings. The van der Waals surface area contributed by atoms with Gasteiger partial charge in [0.15, 0.2) is 0 Å². The van der Waals surface area contributed by atoms with E-state index in [1.54, 1.807) is 0 Å². The van der Waals surface area contributed by atoms with Gasteiger partial charge >= 0.3 is 6.03 Å². The van der Waals surface area contributed by atoms with Crippen LogP contribution in [0.15, 0.2) is 0 Å². The van der Waals surface area contributed by atoms with Gasteiger partial charge in [-0.15, -0.1) is 0 Å². The molecule has 2 N–H and O–H groups in total. The highest BCUT2D eigenvalue weighted by Crippen LogP contribution is 2.27. The van der Waals surface area contributed by atoms with E-state index in [9.17, 15) is 4.79 Å². The van der Waals surface area contributed by atoms with Crippen molar-refractivity contribution in [2.75, 3.05) is 26.2 Å².